The molecular formula is C20H25N5OS3. The summed E-state index contributed by atoms with van der Waals surface area (Å²) in [6.45, 7) is 2.03. The molecular weight excluding hydrogens is 422 g/mol. The second-order valence-corrected chi connectivity index (χ2v) is 10.6. The highest BCUT2D eigenvalue weighted by Crippen LogP contribution is 2.31. The van der Waals surface area contributed by atoms with Crippen molar-refractivity contribution in [3.63, 3.8) is 0 Å². The number of hydrogen-bond acceptors (Lipinski definition) is 8. The Bertz CT molecular complexity index is 933. The number of aromatic nitrogens is 3. The summed E-state index contributed by atoms with van der Waals surface area (Å²) in [7, 11) is 1.84. The lowest BCUT2D eigenvalue weighted by molar-refractivity contribution is -0.128. The number of thiazole rings is 1. The van der Waals surface area contributed by atoms with Gasteiger partial charge < -0.3 is 10.2 Å². The first kappa shape index (κ1) is 20.6. The van der Waals surface area contributed by atoms with Gasteiger partial charge in [0.25, 0.3) is 0 Å². The van der Waals surface area contributed by atoms with Crippen LogP contribution in [-0.4, -0.2) is 44.8 Å². The lowest BCUT2D eigenvalue weighted by atomic mass is 9.96. The highest BCUT2D eigenvalue weighted by molar-refractivity contribution is 8.01. The zero-order valence-electron chi connectivity index (χ0n) is 16.6. The van der Waals surface area contributed by atoms with E-state index in [9.17, 15) is 4.79 Å². The third kappa shape index (κ3) is 5.07. The maximum absolute atomic E-state index is 12.7. The Morgan fingerprint density at radius 1 is 1.24 bits per heavy atom. The summed E-state index contributed by atoms with van der Waals surface area (Å²) in [5.41, 5.74) is 0.987. The molecule has 0 spiro atoms. The van der Waals surface area contributed by atoms with Crippen LogP contribution in [0, 0.1) is 0 Å². The van der Waals surface area contributed by atoms with Gasteiger partial charge in [-0.1, -0.05) is 54.5 Å². The number of carbonyl (C=O) groups excluding carboxylic acids is 1. The van der Waals surface area contributed by atoms with Gasteiger partial charge in [-0.3, -0.25) is 4.79 Å². The maximum Gasteiger partial charge on any atom is 0.233 e. The van der Waals surface area contributed by atoms with Crippen molar-refractivity contribution in [2.75, 3.05) is 18.1 Å². The van der Waals surface area contributed by atoms with Crippen LogP contribution < -0.4 is 5.32 Å². The van der Waals surface area contributed by atoms with Crippen LogP contribution in [0.4, 0.5) is 5.13 Å². The molecule has 154 valence electrons. The topological polar surface area (TPSA) is 71.0 Å². The number of thioether (sulfide) groups is 1. The van der Waals surface area contributed by atoms with Crippen molar-refractivity contribution in [3.05, 3.63) is 29.3 Å². The molecule has 2 aromatic heterocycles. The highest BCUT2D eigenvalue weighted by atomic mass is 32.2. The van der Waals surface area contributed by atoms with Crippen LogP contribution in [-0.2, 0) is 4.79 Å². The summed E-state index contributed by atoms with van der Waals surface area (Å²) < 4.78 is 1.98. The molecule has 1 N–H and O–H groups in total. The molecule has 0 saturated heterocycles. The third-order valence-electron chi connectivity index (χ3n) is 5.30. The van der Waals surface area contributed by atoms with E-state index in [0.29, 0.717) is 11.8 Å². The smallest absolute Gasteiger partial charge is 0.233 e. The standard InChI is InChI=1S/C20H25N5OS3/c1-13(18-22-15-10-6-7-11-16(15)28-18)25(2)17(26)12-27-20-24-23-19(29-20)21-14-8-4-3-5-9-14/h6-7,10-11,13-14H,3-5,8-9,12H2,1-2H3,(H,21,23)/t13-/m1/s1. The van der Waals surface area contributed by atoms with Crippen molar-refractivity contribution in [2.24, 2.45) is 0 Å². The van der Waals surface area contributed by atoms with Crippen molar-refractivity contribution in [2.45, 2.75) is 55.5 Å². The monoisotopic (exact) mass is 447 g/mol. The van der Waals surface area contributed by atoms with Gasteiger partial charge in [-0.2, -0.15) is 0 Å². The van der Waals surface area contributed by atoms with Gasteiger partial charge in [-0.25, -0.2) is 4.98 Å². The lowest BCUT2D eigenvalue weighted by Gasteiger charge is -2.22. The molecule has 0 aliphatic heterocycles. The van der Waals surface area contributed by atoms with Crippen molar-refractivity contribution in [3.8, 4) is 0 Å². The number of fused-ring (bicyclic) bond motifs is 1. The molecule has 1 aliphatic rings. The first-order valence-electron chi connectivity index (χ1n) is 9.94. The van der Waals surface area contributed by atoms with Crippen LogP contribution in [0.1, 0.15) is 50.1 Å². The zero-order valence-corrected chi connectivity index (χ0v) is 19.1. The Morgan fingerprint density at radius 3 is 2.83 bits per heavy atom. The average molecular weight is 448 g/mol. The van der Waals surface area contributed by atoms with Crippen LogP contribution in [0.5, 0.6) is 0 Å². The largest absolute Gasteiger partial charge is 0.357 e. The highest BCUT2D eigenvalue weighted by Gasteiger charge is 2.21. The second kappa shape index (κ2) is 9.40. The predicted octanol–water partition coefficient (Wildman–Crippen LogP) is 5.20. The normalized spacial score (nSPS) is 16.1. The first-order valence-corrected chi connectivity index (χ1v) is 12.6. The second-order valence-electron chi connectivity index (χ2n) is 7.34. The summed E-state index contributed by atoms with van der Waals surface area (Å²) in [5, 5.41) is 13.8. The van der Waals surface area contributed by atoms with Gasteiger partial charge in [0.05, 0.1) is 22.0 Å². The summed E-state index contributed by atoms with van der Waals surface area (Å²) in [6, 6.07) is 8.53. The number of hydrogen-bond donors (Lipinski definition) is 1. The molecule has 3 aromatic rings. The molecule has 2 heterocycles. The van der Waals surface area contributed by atoms with Gasteiger partial charge in [0.2, 0.25) is 11.0 Å². The summed E-state index contributed by atoms with van der Waals surface area (Å²) in [5.74, 6) is 0.419. The molecule has 9 heteroatoms. The molecule has 1 atom stereocenters. The minimum atomic E-state index is -0.0570. The van der Waals surface area contributed by atoms with Gasteiger partial charge in [0.1, 0.15) is 5.01 Å². The van der Waals surface area contributed by atoms with E-state index in [-0.39, 0.29) is 11.9 Å². The number of amides is 1. The van der Waals surface area contributed by atoms with E-state index in [1.54, 1.807) is 16.2 Å². The molecule has 0 bridgehead atoms. The van der Waals surface area contributed by atoms with Crippen LogP contribution in [0.25, 0.3) is 10.2 Å². The fourth-order valence-corrected chi connectivity index (χ4v) is 6.24. The number of nitrogens with one attached hydrogen (secondary N) is 1. The SMILES string of the molecule is C[C@H](c1nc2ccccc2s1)N(C)C(=O)CSc1nnc(NC2CCCCC2)s1. The molecule has 1 amide bonds. The van der Waals surface area contributed by atoms with E-state index in [1.165, 1.54) is 55.2 Å². The van der Waals surface area contributed by atoms with Crippen molar-refractivity contribution in [1.82, 2.24) is 20.1 Å². The van der Waals surface area contributed by atoms with E-state index in [1.807, 2.05) is 32.2 Å². The van der Waals surface area contributed by atoms with Crippen molar-refractivity contribution in [1.29, 1.82) is 0 Å². The molecule has 29 heavy (non-hydrogen) atoms. The molecule has 6 nitrogen and oxygen atoms in total. The Kier molecular flexibility index (Phi) is 6.67. The molecule has 4 rings (SSSR count). The summed E-state index contributed by atoms with van der Waals surface area (Å²) in [4.78, 5) is 19.1. The van der Waals surface area contributed by atoms with Crippen LogP contribution in [0.2, 0.25) is 0 Å². The van der Waals surface area contributed by atoms with E-state index >= 15 is 0 Å². The summed E-state index contributed by atoms with van der Waals surface area (Å²) >= 11 is 4.64. The average Bonchev–Trinajstić information content (AvgIpc) is 3.38. The Morgan fingerprint density at radius 2 is 2.03 bits per heavy atom. The van der Waals surface area contributed by atoms with Gasteiger partial charge in [0.15, 0.2) is 4.34 Å². The number of rotatable bonds is 7. The fourth-order valence-electron chi connectivity index (χ4n) is 3.42. The van der Waals surface area contributed by atoms with E-state index in [0.717, 1.165) is 24.7 Å². The molecule has 0 unspecified atom stereocenters. The van der Waals surface area contributed by atoms with Crippen LogP contribution in [0.3, 0.4) is 0 Å². The Labute approximate surface area is 183 Å². The molecule has 1 fully saturated rings. The number of carbonyl (C=O) groups is 1. The lowest BCUT2D eigenvalue weighted by Crippen LogP contribution is -2.31. The van der Waals surface area contributed by atoms with Crippen LogP contribution in [0.15, 0.2) is 28.6 Å². The summed E-state index contributed by atoms with van der Waals surface area (Å²) in [6.07, 6.45) is 6.31. The van der Waals surface area contributed by atoms with E-state index in [2.05, 4.69) is 26.6 Å². The number of para-hydroxylation sites is 1. The quantitative estimate of drug-likeness (QED) is 0.502. The van der Waals surface area contributed by atoms with Crippen molar-refractivity contribution >= 4 is 55.7 Å². The third-order valence-corrected chi connectivity index (χ3v) is 8.48. The van der Waals surface area contributed by atoms with Gasteiger partial charge >= 0.3 is 0 Å². The molecule has 1 aromatic carbocycles. The first-order chi connectivity index (χ1) is 14.1. The number of nitrogens with zero attached hydrogens (tertiary/aromatic N) is 4. The van der Waals surface area contributed by atoms with Gasteiger partial charge in [-0.05, 0) is 31.9 Å². The van der Waals surface area contributed by atoms with Crippen LogP contribution >= 0.6 is 34.4 Å². The van der Waals surface area contributed by atoms with Crippen molar-refractivity contribution < 1.29 is 4.79 Å². The molecule has 1 saturated carbocycles. The Hall–Kier alpha value is -1.71. The predicted molar refractivity (Wildman–Crippen MR) is 122 cm³/mol. The van der Waals surface area contributed by atoms with Gasteiger partial charge in [0, 0.05) is 13.1 Å². The van der Waals surface area contributed by atoms with E-state index < -0.39 is 0 Å². The minimum absolute atomic E-state index is 0.0570. The molecule has 0 radical (unpaired) electrons. The fraction of sp³-hybridized carbons (Fsp3) is 0.500. The van der Waals surface area contributed by atoms with Gasteiger partial charge in [-0.15, -0.1) is 21.5 Å². The zero-order chi connectivity index (χ0) is 20.2. The maximum atomic E-state index is 12.7. The van der Waals surface area contributed by atoms with E-state index in [4.69, 9.17) is 0 Å². The number of anilines is 1. The molecule has 1 aliphatic carbocycles. The minimum Gasteiger partial charge on any atom is -0.357 e. The number of benzene rings is 1. The Balaban J connectivity index is 1.30.